The molecular formula is C23H15Cl2N3O2. The van der Waals surface area contributed by atoms with Crippen molar-refractivity contribution in [1.29, 1.82) is 0 Å². The van der Waals surface area contributed by atoms with E-state index >= 15 is 0 Å². The molecule has 4 rings (SSSR count). The highest BCUT2D eigenvalue weighted by Crippen LogP contribution is 2.27. The molecule has 0 unspecified atom stereocenters. The van der Waals surface area contributed by atoms with Crippen molar-refractivity contribution in [2.75, 3.05) is 5.32 Å². The number of anilines is 1. The summed E-state index contributed by atoms with van der Waals surface area (Å²) in [5.41, 5.74) is 3.48. The number of benzene rings is 4. The van der Waals surface area contributed by atoms with Gasteiger partial charge in [-0.25, -0.2) is 5.43 Å². The smallest absolute Gasteiger partial charge is 0.318 e. The summed E-state index contributed by atoms with van der Waals surface area (Å²) >= 11 is 11.8. The van der Waals surface area contributed by atoms with Crippen LogP contribution in [0.4, 0.5) is 5.69 Å². The number of hydrogen-bond acceptors (Lipinski definition) is 3. The van der Waals surface area contributed by atoms with E-state index in [1.165, 1.54) is 12.1 Å². The van der Waals surface area contributed by atoms with E-state index in [-0.39, 0.29) is 5.02 Å². The van der Waals surface area contributed by atoms with Gasteiger partial charge in [-0.15, -0.1) is 0 Å². The molecule has 0 saturated carbocycles. The number of nitrogens with zero attached hydrogens (tertiary/aromatic N) is 1. The second-order valence-electron chi connectivity index (χ2n) is 6.51. The average Bonchev–Trinajstić information content (AvgIpc) is 2.75. The summed E-state index contributed by atoms with van der Waals surface area (Å²) in [5.74, 6) is -1.77. The molecule has 0 aliphatic carbocycles. The number of hydrogen-bond donors (Lipinski definition) is 2. The lowest BCUT2D eigenvalue weighted by Crippen LogP contribution is -2.32. The summed E-state index contributed by atoms with van der Waals surface area (Å²) in [6.07, 6.45) is 1.55. The van der Waals surface area contributed by atoms with E-state index in [0.29, 0.717) is 10.7 Å². The van der Waals surface area contributed by atoms with E-state index in [9.17, 15) is 9.59 Å². The minimum absolute atomic E-state index is 0.274. The molecule has 0 bridgehead atoms. The maximum Gasteiger partial charge on any atom is 0.329 e. The predicted octanol–water partition coefficient (Wildman–Crippen LogP) is 5.39. The summed E-state index contributed by atoms with van der Waals surface area (Å²) in [5, 5.41) is 11.2. The van der Waals surface area contributed by atoms with Crippen LogP contribution in [-0.4, -0.2) is 18.0 Å². The fourth-order valence-electron chi connectivity index (χ4n) is 3.16. The molecule has 0 aliphatic heterocycles. The van der Waals surface area contributed by atoms with Gasteiger partial charge >= 0.3 is 11.8 Å². The Kier molecular flexibility index (Phi) is 5.65. The Morgan fingerprint density at radius 2 is 1.40 bits per heavy atom. The maximum absolute atomic E-state index is 12.1. The molecule has 0 radical (unpaired) electrons. The molecule has 148 valence electrons. The van der Waals surface area contributed by atoms with Crippen molar-refractivity contribution >= 4 is 68.5 Å². The molecule has 0 aromatic heterocycles. The molecule has 4 aromatic rings. The first kappa shape index (κ1) is 19.9. The van der Waals surface area contributed by atoms with E-state index in [2.05, 4.69) is 21.9 Å². The Balaban J connectivity index is 1.55. The van der Waals surface area contributed by atoms with E-state index in [1.807, 2.05) is 48.5 Å². The van der Waals surface area contributed by atoms with Crippen molar-refractivity contribution in [2.24, 2.45) is 5.10 Å². The number of fused-ring (bicyclic) bond motifs is 2. The van der Waals surface area contributed by atoms with E-state index in [4.69, 9.17) is 23.2 Å². The topological polar surface area (TPSA) is 70.6 Å². The number of nitrogens with one attached hydrogen (secondary N) is 2. The van der Waals surface area contributed by atoms with Crippen LogP contribution in [-0.2, 0) is 9.59 Å². The highest BCUT2D eigenvalue weighted by atomic mass is 35.5. The molecule has 0 atom stereocenters. The summed E-state index contributed by atoms with van der Waals surface area (Å²) in [7, 11) is 0. The van der Waals surface area contributed by atoms with Crippen LogP contribution >= 0.6 is 23.2 Å². The van der Waals surface area contributed by atoms with Gasteiger partial charge in [-0.05, 0) is 45.8 Å². The van der Waals surface area contributed by atoms with Gasteiger partial charge in [0, 0.05) is 11.3 Å². The first-order valence-corrected chi connectivity index (χ1v) is 9.78. The van der Waals surface area contributed by atoms with Crippen LogP contribution in [0.25, 0.3) is 21.5 Å². The normalized spacial score (nSPS) is 11.1. The molecule has 5 nitrogen and oxygen atoms in total. The second-order valence-corrected chi connectivity index (χ2v) is 7.33. The maximum atomic E-state index is 12.1. The standard InChI is InChI=1S/C23H15Cl2N3O2/c24-20-10-9-16(12-21(20)25)27-22(29)23(30)28-26-13-19-17-7-3-1-5-14(17)11-15-6-2-4-8-18(15)19/h1-13H,(H,27,29)(H,28,30)/b26-13+. The van der Waals surface area contributed by atoms with Gasteiger partial charge in [-0.2, -0.15) is 5.10 Å². The van der Waals surface area contributed by atoms with Gasteiger partial charge in [-0.3, -0.25) is 9.59 Å². The van der Waals surface area contributed by atoms with Crippen molar-refractivity contribution in [3.63, 3.8) is 0 Å². The fraction of sp³-hybridized carbons (Fsp3) is 0. The minimum Gasteiger partial charge on any atom is -0.318 e. The summed E-state index contributed by atoms with van der Waals surface area (Å²) in [4.78, 5) is 24.2. The number of halogens is 2. The van der Waals surface area contributed by atoms with Crippen molar-refractivity contribution in [3.05, 3.63) is 88.4 Å². The van der Waals surface area contributed by atoms with Crippen molar-refractivity contribution in [3.8, 4) is 0 Å². The third-order valence-electron chi connectivity index (χ3n) is 4.56. The molecule has 2 N–H and O–H groups in total. The van der Waals surface area contributed by atoms with Crippen molar-refractivity contribution in [2.45, 2.75) is 0 Å². The van der Waals surface area contributed by atoms with Gasteiger partial charge in [0.1, 0.15) is 0 Å². The number of carbonyl (C=O) groups is 2. The molecular weight excluding hydrogens is 421 g/mol. The van der Waals surface area contributed by atoms with E-state index in [1.54, 1.807) is 12.3 Å². The van der Waals surface area contributed by atoms with Gasteiger partial charge in [0.15, 0.2) is 0 Å². The molecule has 0 spiro atoms. The lowest BCUT2D eigenvalue weighted by atomic mass is 9.97. The number of rotatable bonds is 3. The van der Waals surface area contributed by atoms with Crippen LogP contribution in [0.1, 0.15) is 5.56 Å². The first-order valence-electron chi connectivity index (χ1n) is 9.03. The van der Waals surface area contributed by atoms with Gasteiger partial charge in [-0.1, -0.05) is 71.7 Å². The minimum atomic E-state index is -0.901. The van der Waals surface area contributed by atoms with E-state index in [0.717, 1.165) is 27.1 Å². The molecule has 0 heterocycles. The van der Waals surface area contributed by atoms with Crippen LogP contribution in [0.3, 0.4) is 0 Å². The van der Waals surface area contributed by atoms with Crippen LogP contribution < -0.4 is 10.7 Å². The Bertz CT molecular complexity index is 1260. The summed E-state index contributed by atoms with van der Waals surface area (Å²) in [6.45, 7) is 0. The predicted molar refractivity (Wildman–Crippen MR) is 122 cm³/mol. The summed E-state index contributed by atoms with van der Waals surface area (Å²) in [6, 6.07) is 22.5. The van der Waals surface area contributed by atoms with Crippen LogP contribution in [0, 0.1) is 0 Å². The number of hydrazone groups is 1. The van der Waals surface area contributed by atoms with Gasteiger partial charge < -0.3 is 5.32 Å². The van der Waals surface area contributed by atoms with Crippen molar-refractivity contribution in [1.82, 2.24) is 5.43 Å². The molecule has 30 heavy (non-hydrogen) atoms. The number of carbonyl (C=O) groups excluding carboxylic acids is 2. The van der Waals surface area contributed by atoms with Gasteiger partial charge in [0.25, 0.3) is 0 Å². The summed E-state index contributed by atoms with van der Waals surface area (Å²) < 4.78 is 0. The zero-order valence-electron chi connectivity index (χ0n) is 15.5. The third kappa shape index (κ3) is 4.13. The Labute approximate surface area is 182 Å². The van der Waals surface area contributed by atoms with Crippen LogP contribution in [0.2, 0.25) is 10.0 Å². The monoisotopic (exact) mass is 435 g/mol. The van der Waals surface area contributed by atoms with E-state index < -0.39 is 11.8 Å². The number of amides is 2. The van der Waals surface area contributed by atoms with Gasteiger partial charge in [0.2, 0.25) is 0 Å². The molecule has 7 heteroatoms. The zero-order valence-corrected chi connectivity index (χ0v) is 17.0. The Morgan fingerprint density at radius 1 is 0.767 bits per heavy atom. The van der Waals surface area contributed by atoms with Gasteiger partial charge in [0.05, 0.1) is 16.3 Å². The molecule has 4 aromatic carbocycles. The third-order valence-corrected chi connectivity index (χ3v) is 5.30. The quantitative estimate of drug-likeness (QED) is 0.196. The Hall–Kier alpha value is -3.41. The average molecular weight is 436 g/mol. The first-order chi connectivity index (χ1) is 14.5. The molecule has 0 aliphatic rings. The molecule has 0 fully saturated rings. The second kappa shape index (κ2) is 8.53. The lowest BCUT2D eigenvalue weighted by Gasteiger charge is -2.08. The van der Waals surface area contributed by atoms with Crippen LogP contribution in [0.5, 0.6) is 0 Å². The van der Waals surface area contributed by atoms with Crippen molar-refractivity contribution < 1.29 is 9.59 Å². The largest absolute Gasteiger partial charge is 0.329 e. The molecule has 0 saturated heterocycles. The SMILES string of the molecule is O=C(N/N=C/c1c2ccccc2cc2ccccc12)C(=O)Nc1ccc(Cl)c(Cl)c1. The highest BCUT2D eigenvalue weighted by Gasteiger charge is 2.14. The molecule has 2 amide bonds. The van der Waals surface area contributed by atoms with Crippen LogP contribution in [0.15, 0.2) is 77.9 Å². The highest BCUT2D eigenvalue weighted by molar-refractivity contribution is 6.43. The zero-order chi connectivity index (χ0) is 21.1. The lowest BCUT2D eigenvalue weighted by molar-refractivity contribution is -0.136. The fourth-order valence-corrected chi connectivity index (χ4v) is 3.45. The Morgan fingerprint density at radius 3 is 2.03 bits per heavy atom.